The van der Waals surface area contributed by atoms with E-state index in [1.807, 2.05) is 12.1 Å². The lowest BCUT2D eigenvalue weighted by molar-refractivity contribution is 0.0299. The van der Waals surface area contributed by atoms with E-state index in [1.165, 1.54) is 17.7 Å². The predicted molar refractivity (Wildman–Crippen MR) is 146 cm³/mol. The molecule has 0 atom stereocenters. The van der Waals surface area contributed by atoms with Gasteiger partial charge in [0.15, 0.2) is 11.5 Å². The summed E-state index contributed by atoms with van der Waals surface area (Å²) in [6, 6.07) is 6.75. The van der Waals surface area contributed by atoms with Gasteiger partial charge in [0.1, 0.15) is 0 Å². The fourth-order valence-corrected chi connectivity index (χ4v) is 4.88. The average Bonchev–Trinajstić information content (AvgIpc) is 3.45. The van der Waals surface area contributed by atoms with Crippen LogP contribution in [0.2, 0.25) is 5.02 Å². The molecule has 2 saturated heterocycles. The van der Waals surface area contributed by atoms with Gasteiger partial charge in [-0.3, -0.25) is 9.59 Å². The molecule has 39 heavy (non-hydrogen) atoms. The van der Waals surface area contributed by atoms with Crippen LogP contribution in [0.1, 0.15) is 26.4 Å². The molecule has 0 aliphatic carbocycles. The Hall–Kier alpha value is -3.74. The molecule has 2 fully saturated rings. The molecule has 0 radical (unpaired) electrons. The normalized spacial score (nSPS) is 16.4. The maximum Gasteiger partial charge on any atom is 0.276 e. The molecule has 5 rings (SSSR count). The molecule has 0 spiro atoms. The number of halogens is 2. The fourth-order valence-electron chi connectivity index (χ4n) is 4.66. The van der Waals surface area contributed by atoms with Gasteiger partial charge in [-0.25, -0.2) is 9.07 Å². The Kier molecular flexibility index (Phi) is 7.69. The summed E-state index contributed by atoms with van der Waals surface area (Å²) in [6.45, 7) is 6.71. The van der Waals surface area contributed by atoms with Crippen molar-refractivity contribution in [2.45, 2.75) is 6.92 Å². The van der Waals surface area contributed by atoms with E-state index >= 15 is 0 Å². The molecule has 13 heteroatoms. The molecule has 2 amide bonds. The zero-order valence-corrected chi connectivity index (χ0v) is 22.5. The predicted octanol–water partition coefficient (Wildman–Crippen LogP) is 2.43. The van der Waals surface area contributed by atoms with E-state index in [0.717, 1.165) is 31.9 Å². The van der Waals surface area contributed by atoms with Gasteiger partial charge in [0, 0.05) is 44.8 Å². The van der Waals surface area contributed by atoms with E-state index < -0.39 is 11.7 Å². The standard InChI is InChI=1S/C26H30ClFN8O3/c1-16-23(27)18(14-19(29)24(16)28)25(37)30-20-13-17(3-4-22(20)34-7-5-33(2)6-8-34)36-15-21(31-32-36)26(38)35-9-11-39-12-10-35/h3-4,13-15H,5-12,29H2,1-2H3,(H,30,37). The van der Waals surface area contributed by atoms with Crippen LogP contribution in [0.5, 0.6) is 0 Å². The number of piperazine rings is 1. The Bertz CT molecular complexity index is 1400. The van der Waals surface area contributed by atoms with Crippen LogP contribution < -0.4 is 16.0 Å². The van der Waals surface area contributed by atoms with Crippen LogP contribution in [0.15, 0.2) is 30.5 Å². The second-order valence-electron chi connectivity index (χ2n) is 9.67. The van der Waals surface area contributed by atoms with E-state index in [-0.39, 0.29) is 33.4 Å². The van der Waals surface area contributed by atoms with Crippen LogP contribution >= 0.6 is 11.6 Å². The lowest BCUT2D eigenvalue weighted by atomic mass is 10.1. The zero-order chi connectivity index (χ0) is 27.7. The van der Waals surface area contributed by atoms with Crippen LogP contribution in [0, 0.1) is 12.7 Å². The number of nitrogens with zero attached hydrogens (tertiary/aromatic N) is 6. The van der Waals surface area contributed by atoms with Crippen molar-refractivity contribution in [1.29, 1.82) is 0 Å². The molecule has 0 saturated carbocycles. The summed E-state index contributed by atoms with van der Waals surface area (Å²) in [5.74, 6) is -1.39. The molecular weight excluding hydrogens is 527 g/mol. The molecule has 3 heterocycles. The van der Waals surface area contributed by atoms with Gasteiger partial charge < -0.3 is 30.5 Å². The number of morpholine rings is 1. The Morgan fingerprint density at radius 1 is 1.10 bits per heavy atom. The van der Waals surface area contributed by atoms with Crippen LogP contribution in [0.4, 0.5) is 21.5 Å². The molecule has 1 aromatic heterocycles. The minimum absolute atomic E-state index is 0.000884. The number of carbonyl (C=O) groups is 2. The molecule has 206 valence electrons. The molecule has 11 nitrogen and oxygen atoms in total. The number of nitrogen functional groups attached to an aromatic ring is 1. The second-order valence-corrected chi connectivity index (χ2v) is 10.0. The van der Waals surface area contributed by atoms with E-state index in [2.05, 4.69) is 32.5 Å². The largest absolute Gasteiger partial charge is 0.396 e. The van der Waals surface area contributed by atoms with Crippen molar-refractivity contribution < 1.29 is 18.7 Å². The van der Waals surface area contributed by atoms with Gasteiger partial charge in [-0.2, -0.15) is 0 Å². The first-order valence-electron chi connectivity index (χ1n) is 12.7. The number of benzene rings is 2. The summed E-state index contributed by atoms with van der Waals surface area (Å²) in [5, 5.41) is 11.2. The monoisotopic (exact) mass is 556 g/mol. The molecule has 0 bridgehead atoms. The quantitative estimate of drug-likeness (QED) is 0.460. The molecule has 0 unspecified atom stereocenters. The third-order valence-corrected chi connectivity index (χ3v) is 7.53. The number of nitrogens with two attached hydrogens (primary N) is 1. The highest BCUT2D eigenvalue weighted by Gasteiger charge is 2.24. The van der Waals surface area contributed by atoms with E-state index in [9.17, 15) is 14.0 Å². The number of anilines is 3. The molecule has 3 aromatic rings. The fraction of sp³-hybridized carbons (Fsp3) is 0.385. The minimum Gasteiger partial charge on any atom is -0.396 e. The molecule has 2 aliphatic rings. The van der Waals surface area contributed by atoms with Gasteiger partial charge in [0.25, 0.3) is 11.8 Å². The number of likely N-dealkylation sites (N-methyl/N-ethyl adjacent to an activating group) is 1. The summed E-state index contributed by atoms with van der Waals surface area (Å²) in [5.41, 5.74) is 7.93. The lowest BCUT2D eigenvalue weighted by Crippen LogP contribution is -2.44. The van der Waals surface area contributed by atoms with Crippen molar-refractivity contribution in [3.8, 4) is 5.69 Å². The molecular formula is C26H30ClFN8O3. The third-order valence-electron chi connectivity index (χ3n) is 7.04. The van der Waals surface area contributed by atoms with Gasteiger partial charge in [0.2, 0.25) is 0 Å². The van der Waals surface area contributed by atoms with Gasteiger partial charge in [-0.05, 0) is 38.2 Å². The summed E-state index contributed by atoms with van der Waals surface area (Å²) < 4.78 is 21.0. The number of carbonyl (C=O) groups excluding carboxylic acids is 2. The highest BCUT2D eigenvalue weighted by Crippen LogP contribution is 2.32. The summed E-state index contributed by atoms with van der Waals surface area (Å²) >= 11 is 6.32. The first-order chi connectivity index (χ1) is 18.7. The van der Waals surface area contributed by atoms with Crippen molar-refractivity contribution in [3.63, 3.8) is 0 Å². The maximum atomic E-state index is 14.2. The Balaban J connectivity index is 1.47. The van der Waals surface area contributed by atoms with Crippen molar-refractivity contribution in [1.82, 2.24) is 24.8 Å². The number of rotatable bonds is 5. The number of aromatic nitrogens is 3. The Morgan fingerprint density at radius 3 is 2.54 bits per heavy atom. The number of nitrogens with one attached hydrogen (secondary N) is 1. The summed E-state index contributed by atoms with van der Waals surface area (Å²) in [6.07, 6.45) is 1.56. The zero-order valence-electron chi connectivity index (χ0n) is 21.8. The second kappa shape index (κ2) is 11.2. The van der Waals surface area contributed by atoms with E-state index in [4.69, 9.17) is 22.1 Å². The van der Waals surface area contributed by atoms with Crippen molar-refractivity contribution >= 4 is 40.5 Å². The number of hydrogen-bond donors (Lipinski definition) is 2. The van der Waals surface area contributed by atoms with Crippen LogP contribution in [-0.4, -0.2) is 96.1 Å². The van der Waals surface area contributed by atoms with Crippen LogP contribution in [-0.2, 0) is 4.74 Å². The lowest BCUT2D eigenvalue weighted by Gasteiger charge is -2.35. The van der Waals surface area contributed by atoms with Crippen LogP contribution in [0.3, 0.4) is 0 Å². The maximum absolute atomic E-state index is 14.2. The first-order valence-corrected chi connectivity index (χ1v) is 13.0. The van der Waals surface area contributed by atoms with Gasteiger partial charge in [0.05, 0.1) is 52.7 Å². The number of hydrogen-bond acceptors (Lipinski definition) is 8. The average molecular weight is 557 g/mol. The number of ether oxygens (including phenoxy) is 1. The summed E-state index contributed by atoms with van der Waals surface area (Å²) in [4.78, 5) is 32.3. The van der Waals surface area contributed by atoms with Gasteiger partial charge >= 0.3 is 0 Å². The molecule has 2 aliphatic heterocycles. The third kappa shape index (κ3) is 5.54. The first kappa shape index (κ1) is 26.9. The van der Waals surface area contributed by atoms with Crippen LogP contribution in [0.25, 0.3) is 5.69 Å². The topological polar surface area (TPSA) is 122 Å². The SMILES string of the molecule is Cc1c(F)c(N)cc(C(=O)Nc2cc(-n3cc(C(=O)N4CCOCC4)nn3)ccc2N2CCN(C)CC2)c1Cl. The van der Waals surface area contributed by atoms with Gasteiger partial charge in [-0.1, -0.05) is 16.8 Å². The smallest absolute Gasteiger partial charge is 0.276 e. The van der Waals surface area contributed by atoms with E-state index in [1.54, 1.807) is 17.2 Å². The number of amides is 2. The van der Waals surface area contributed by atoms with Gasteiger partial charge in [-0.15, -0.1) is 5.10 Å². The van der Waals surface area contributed by atoms with Crippen molar-refractivity contribution in [2.24, 2.45) is 0 Å². The molecule has 3 N–H and O–H groups in total. The van der Waals surface area contributed by atoms with E-state index in [0.29, 0.717) is 37.7 Å². The molecule has 2 aromatic carbocycles. The summed E-state index contributed by atoms with van der Waals surface area (Å²) in [7, 11) is 2.06. The minimum atomic E-state index is -0.648. The van der Waals surface area contributed by atoms with Crippen molar-refractivity contribution in [3.05, 3.63) is 58.1 Å². The highest BCUT2D eigenvalue weighted by molar-refractivity contribution is 6.35. The Morgan fingerprint density at radius 2 is 1.82 bits per heavy atom. The highest BCUT2D eigenvalue weighted by atomic mass is 35.5. The van der Waals surface area contributed by atoms with Crippen molar-refractivity contribution in [2.75, 3.05) is 75.5 Å². The Labute approximate surface area is 230 Å².